The SMILES string of the molecule is CCN(C)C(=O)C1(O)CCCC1. The summed E-state index contributed by atoms with van der Waals surface area (Å²) in [7, 11) is 1.73. The van der Waals surface area contributed by atoms with Gasteiger partial charge in [0.05, 0.1) is 0 Å². The van der Waals surface area contributed by atoms with Gasteiger partial charge in [-0.2, -0.15) is 0 Å². The van der Waals surface area contributed by atoms with E-state index in [2.05, 4.69) is 0 Å². The molecule has 1 aliphatic rings. The lowest BCUT2D eigenvalue weighted by atomic mass is 10.0. The van der Waals surface area contributed by atoms with Gasteiger partial charge in [0.25, 0.3) is 5.91 Å². The Labute approximate surface area is 73.4 Å². The summed E-state index contributed by atoms with van der Waals surface area (Å²) in [6, 6.07) is 0. The van der Waals surface area contributed by atoms with E-state index in [4.69, 9.17) is 0 Å². The number of hydrogen-bond donors (Lipinski definition) is 1. The molecule has 0 heterocycles. The first kappa shape index (κ1) is 9.52. The fourth-order valence-electron chi connectivity index (χ4n) is 1.67. The summed E-state index contributed by atoms with van der Waals surface area (Å²) in [5.41, 5.74) is -1.04. The highest BCUT2D eigenvalue weighted by Gasteiger charge is 2.40. The van der Waals surface area contributed by atoms with Crippen LogP contribution in [0.3, 0.4) is 0 Å². The quantitative estimate of drug-likeness (QED) is 0.666. The lowest BCUT2D eigenvalue weighted by molar-refractivity contribution is -0.149. The molecule has 0 aromatic rings. The zero-order valence-electron chi connectivity index (χ0n) is 7.84. The third-order valence-electron chi connectivity index (χ3n) is 2.65. The molecular formula is C9H17NO2. The van der Waals surface area contributed by atoms with Crippen LogP contribution < -0.4 is 0 Å². The van der Waals surface area contributed by atoms with Gasteiger partial charge >= 0.3 is 0 Å². The van der Waals surface area contributed by atoms with Crippen molar-refractivity contribution in [1.29, 1.82) is 0 Å². The van der Waals surface area contributed by atoms with Crippen molar-refractivity contribution in [2.24, 2.45) is 0 Å². The number of rotatable bonds is 2. The zero-order valence-corrected chi connectivity index (χ0v) is 7.84. The molecule has 1 aliphatic carbocycles. The van der Waals surface area contributed by atoms with Crippen LogP contribution in [0.15, 0.2) is 0 Å². The fraction of sp³-hybridized carbons (Fsp3) is 0.889. The van der Waals surface area contributed by atoms with Crippen LogP contribution in [0.25, 0.3) is 0 Å². The number of aliphatic hydroxyl groups is 1. The molecule has 1 saturated carbocycles. The second-order valence-corrected chi connectivity index (χ2v) is 3.56. The van der Waals surface area contributed by atoms with E-state index in [1.807, 2.05) is 6.92 Å². The van der Waals surface area contributed by atoms with E-state index in [1.54, 1.807) is 11.9 Å². The van der Waals surface area contributed by atoms with Crippen LogP contribution in [-0.2, 0) is 4.79 Å². The largest absolute Gasteiger partial charge is 0.380 e. The Hall–Kier alpha value is -0.570. The molecule has 70 valence electrons. The van der Waals surface area contributed by atoms with Crippen molar-refractivity contribution in [2.45, 2.75) is 38.2 Å². The Balaban J connectivity index is 2.61. The maximum absolute atomic E-state index is 11.6. The van der Waals surface area contributed by atoms with Crippen LogP contribution in [0.4, 0.5) is 0 Å². The molecule has 0 aromatic carbocycles. The molecule has 0 bridgehead atoms. The van der Waals surface area contributed by atoms with Crippen molar-refractivity contribution < 1.29 is 9.90 Å². The van der Waals surface area contributed by atoms with Gasteiger partial charge in [-0.3, -0.25) is 4.79 Å². The molecule has 12 heavy (non-hydrogen) atoms. The molecule has 3 heteroatoms. The minimum absolute atomic E-state index is 0.109. The van der Waals surface area contributed by atoms with Crippen LogP contribution in [0.1, 0.15) is 32.6 Å². The number of nitrogens with zero attached hydrogens (tertiary/aromatic N) is 1. The minimum Gasteiger partial charge on any atom is -0.380 e. The van der Waals surface area contributed by atoms with E-state index in [0.717, 1.165) is 12.8 Å². The molecule has 0 radical (unpaired) electrons. The lowest BCUT2D eigenvalue weighted by Gasteiger charge is -2.26. The van der Waals surface area contributed by atoms with Crippen LogP contribution in [-0.4, -0.2) is 35.1 Å². The monoisotopic (exact) mass is 171 g/mol. The van der Waals surface area contributed by atoms with E-state index >= 15 is 0 Å². The van der Waals surface area contributed by atoms with Crippen LogP contribution in [0.5, 0.6) is 0 Å². The Morgan fingerprint density at radius 2 is 2.00 bits per heavy atom. The maximum atomic E-state index is 11.6. The summed E-state index contributed by atoms with van der Waals surface area (Å²) in [5, 5.41) is 9.87. The summed E-state index contributed by atoms with van der Waals surface area (Å²) in [6.07, 6.45) is 3.21. The van der Waals surface area contributed by atoms with E-state index in [1.165, 1.54) is 0 Å². The lowest BCUT2D eigenvalue weighted by Crippen LogP contribution is -2.45. The molecule has 1 amide bonds. The van der Waals surface area contributed by atoms with Crippen LogP contribution >= 0.6 is 0 Å². The van der Waals surface area contributed by atoms with Gasteiger partial charge in [0.2, 0.25) is 0 Å². The first-order chi connectivity index (χ1) is 5.60. The van der Waals surface area contributed by atoms with Crippen LogP contribution in [0, 0.1) is 0 Å². The second kappa shape index (κ2) is 3.44. The van der Waals surface area contributed by atoms with E-state index in [0.29, 0.717) is 19.4 Å². The summed E-state index contributed by atoms with van der Waals surface area (Å²) in [4.78, 5) is 13.2. The zero-order chi connectivity index (χ0) is 9.19. The second-order valence-electron chi connectivity index (χ2n) is 3.56. The van der Waals surface area contributed by atoms with E-state index in [-0.39, 0.29) is 5.91 Å². The maximum Gasteiger partial charge on any atom is 0.254 e. The molecule has 0 atom stereocenters. The predicted octanol–water partition coefficient (Wildman–Crippen LogP) is 0.770. The number of hydrogen-bond acceptors (Lipinski definition) is 2. The first-order valence-electron chi connectivity index (χ1n) is 4.58. The van der Waals surface area contributed by atoms with Gasteiger partial charge in [-0.25, -0.2) is 0 Å². The topological polar surface area (TPSA) is 40.5 Å². The summed E-state index contributed by atoms with van der Waals surface area (Å²) in [5.74, 6) is -0.109. The molecule has 0 aromatic heterocycles. The molecule has 0 spiro atoms. The smallest absolute Gasteiger partial charge is 0.254 e. The molecule has 0 aliphatic heterocycles. The Bertz CT molecular complexity index is 173. The molecule has 1 fully saturated rings. The third-order valence-corrected chi connectivity index (χ3v) is 2.65. The van der Waals surface area contributed by atoms with Gasteiger partial charge in [-0.05, 0) is 32.6 Å². The molecule has 0 unspecified atom stereocenters. The van der Waals surface area contributed by atoms with E-state index in [9.17, 15) is 9.90 Å². The van der Waals surface area contributed by atoms with Crippen molar-refractivity contribution in [3.63, 3.8) is 0 Å². The van der Waals surface area contributed by atoms with Crippen molar-refractivity contribution in [1.82, 2.24) is 4.90 Å². The van der Waals surface area contributed by atoms with Gasteiger partial charge in [0.15, 0.2) is 0 Å². The van der Waals surface area contributed by atoms with Crippen molar-refractivity contribution in [2.75, 3.05) is 13.6 Å². The van der Waals surface area contributed by atoms with E-state index < -0.39 is 5.60 Å². The number of carbonyl (C=O) groups is 1. The normalized spacial score (nSPS) is 20.9. The van der Waals surface area contributed by atoms with Crippen LogP contribution in [0.2, 0.25) is 0 Å². The highest BCUT2D eigenvalue weighted by Crippen LogP contribution is 2.30. The van der Waals surface area contributed by atoms with Gasteiger partial charge in [0.1, 0.15) is 5.60 Å². The number of amides is 1. The molecule has 0 saturated heterocycles. The summed E-state index contributed by atoms with van der Waals surface area (Å²) < 4.78 is 0. The Morgan fingerprint density at radius 1 is 1.50 bits per heavy atom. The Kier molecular flexibility index (Phi) is 2.73. The van der Waals surface area contributed by atoms with Gasteiger partial charge < -0.3 is 10.0 Å². The fourth-order valence-corrected chi connectivity index (χ4v) is 1.67. The molecular weight excluding hydrogens is 154 g/mol. The third kappa shape index (κ3) is 1.61. The highest BCUT2D eigenvalue weighted by molar-refractivity contribution is 5.85. The molecule has 1 rings (SSSR count). The number of likely N-dealkylation sites (N-methyl/N-ethyl adjacent to an activating group) is 1. The van der Waals surface area contributed by atoms with Crippen molar-refractivity contribution >= 4 is 5.91 Å². The van der Waals surface area contributed by atoms with Gasteiger partial charge in [-0.15, -0.1) is 0 Å². The van der Waals surface area contributed by atoms with Crippen molar-refractivity contribution in [3.05, 3.63) is 0 Å². The first-order valence-corrected chi connectivity index (χ1v) is 4.58. The average molecular weight is 171 g/mol. The minimum atomic E-state index is -1.04. The predicted molar refractivity (Wildman–Crippen MR) is 46.7 cm³/mol. The molecule has 1 N–H and O–H groups in total. The average Bonchev–Trinajstić information content (AvgIpc) is 2.50. The summed E-state index contributed by atoms with van der Waals surface area (Å²) >= 11 is 0. The molecule has 3 nitrogen and oxygen atoms in total. The van der Waals surface area contributed by atoms with Gasteiger partial charge in [-0.1, -0.05) is 0 Å². The summed E-state index contributed by atoms with van der Waals surface area (Å²) in [6.45, 7) is 2.58. The standard InChI is InChI=1S/C9H17NO2/c1-3-10(2)8(11)9(12)6-4-5-7-9/h12H,3-7H2,1-2H3. The highest BCUT2D eigenvalue weighted by atomic mass is 16.3. The van der Waals surface area contributed by atoms with Gasteiger partial charge in [0, 0.05) is 13.6 Å². The van der Waals surface area contributed by atoms with Crippen molar-refractivity contribution in [3.8, 4) is 0 Å². The number of carbonyl (C=O) groups excluding carboxylic acids is 1. The Morgan fingerprint density at radius 3 is 2.42 bits per heavy atom.